The van der Waals surface area contributed by atoms with Crippen molar-refractivity contribution in [3.8, 4) is 0 Å². The van der Waals surface area contributed by atoms with Gasteiger partial charge in [0.05, 0.1) is 17.4 Å². The van der Waals surface area contributed by atoms with Crippen molar-refractivity contribution in [1.29, 1.82) is 0 Å². The molecule has 56 heavy (non-hydrogen) atoms. The van der Waals surface area contributed by atoms with Crippen LogP contribution in [0.25, 0.3) is 22.2 Å². The highest BCUT2D eigenvalue weighted by molar-refractivity contribution is 6.31. The van der Waals surface area contributed by atoms with Gasteiger partial charge in [-0.2, -0.15) is 0 Å². The number of nitrogens with zero attached hydrogens (tertiary/aromatic N) is 3. The van der Waals surface area contributed by atoms with Gasteiger partial charge in [0.1, 0.15) is 5.69 Å². The number of amides is 2. The van der Waals surface area contributed by atoms with Crippen molar-refractivity contribution in [2.24, 2.45) is 0 Å². The fourth-order valence-corrected chi connectivity index (χ4v) is 8.06. The molecule has 11 heteroatoms. The van der Waals surface area contributed by atoms with Crippen LogP contribution < -0.4 is 20.9 Å². The number of benzene rings is 3. The summed E-state index contributed by atoms with van der Waals surface area (Å²) < 4.78 is 0. The Bertz CT molecular complexity index is 2140. The number of fused-ring (bicyclic) bond motifs is 1. The minimum absolute atomic E-state index is 0.123. The fraction of sp³-hybridized carbons (Fsp3) is 0.311. The number of hydrogen-bond acceptors (Lipinski definition) is 6. The number of halogens is 2. The topological polar surface area (TPSA) is 105 Å². The Kier molecular flexibility index (Phi) is 13.9. The minimum atomic E-state index is -0.324. The normalized spacial score (nSPS) is 15.7. The maximum Gasteiger partial charge on any atom is 0.272 e. The number of aromatic amines is 1. The standard InChI is InChI=1S/C39H38Cl2N6O2.C6H13N/c1-4-47(26(3)28-12-14-29(40)15-13-28)37(25(2)27-9-6-5-7-10-27)35-32-17-16-30(41)23-34(32)44-36(35)39(49)45-33-11-8-20-42-38(33)46-21-18-31(19-22-46)43-24-48;1-7-6-4-2-3-5-6/h4-17,20,23-24,26,31,44H,1,18-19,21-22H2,2-3H3,(H,43,48)(H,45,49);6-7H,2-5H2,1H3/b37-25+;. The van der Waals surface area contributed by atoms with E-state index in [0.29, 0.717) is 40.3 Å². The summed E-state index contributed by atoms with van der Waals surface area (Å²) in [5.74, 6) is 0.358. The summed E-state index contributed by atoms with van der Waals surface area (Å²) in [6, 6.07) is 28.0. The Hall–Kier alpha value is -5.09. The number of rotatable bonds is 12. The van der Waals surface area contributed by atoms with Crippen LogP contribution in [-0.4, -0.2) is 59.4 Å². The van der Waals surface area contributed by atoms with Crippen LogP contribution in [0.1, 0.15) is 85.6 Å². The third kappa shape index (κ3) is 9.46. The van der Waals surface area contributed by atoms with Crippen LogP contribution >= 0.6 is 23.2 Å². The second kappa shape index (κ2) is 19.2. The van der Waals surface area contributed by atoms with Crippen molar-refractivity contribution < 1.29 is 9.59 Å². The molecule has 7 rings (SSSR count). The second-order valence-electron chi connectivity index (χ2n) is 14.4. The molecule has 0 bridgehead atoms. The molecule has 3 aromatic carbocycles. The Morgan fingerprint density at radius 3 is 2.29 bits per heavy atom. The summed E-state index contributed by atoms with van der Waals surface area (Å²) in [6.45, 7) is 9.80. The van der Waals surface area contributed by atoms with Crippen molar-refractivity contribution in [2.75, 3.05) is 30.4 Å². The van der Waals surface area contributed by atoms with Gasteiger partial charge < -0.3 is 30.7 Å². The van der Waals surface area contributed by atoms with E-state index in [-0.39, 0.29) is 18.0 Å². The molecular weight excluding hydrogens is 741 g/mol. The molecule has 9 nitrogen and oxygen atoms in total. The van der Waals surface area contributed by atoms with Crippen LogP contribution in [0.5, 0.6) is 0 Å². The Balaban J connectivity index is 0.000000685. The molecule has 1 saturated carbocycles. The minimum Gasteiger partial charge on any atom is -0.356 e. The third-order valence-electron chi connectivity index (χ3n) is 10.9. The third-order valence-corrected chi connectivity index (χ3v) is 11.4. The molecule has 292 valence electrons. The predicted molar refractivity (Wildman–Crippen MR) is 232 cm³/mol. The molecule has 2 aliphatic rings. The molecule has 3 heterocycles. The molecule has 2 aromatic heterocycles. The number of hydrogen-bond donors (Lipinski definition) is 4. The summed E-state index contributed by atoms with van der Waals surface area (Å²) in [4.78, 5) is 37.9. The number of nitrogens with one attached hydrogen (secondary N) is 4. The maximum absolute atomic E-state index is 14.6. The van der Waals surface area contributed by atoms with Crippen LogP contribution in [0.15, 0.2) is 104 Å². The molecule has 4 N–H and O–H groups in total. The van der Waals surface area contributed by atoms with Crippen LogP contribution in [0.2, 0.25) is 10.0 Å². The van der Waals surface area contributed by atoms with Gasteiger partial charge in [0.2, 0.25) is 6.41 Å². The Labute approximate surface area is 340 Å². The highest BCUT2D eigenvalue weighted by Gasteiger charge is 2.30. The number of H-pyrrole nitrogens is 1. The molecule has 1 aliphatic carbocycles. The molecule has 1 atom stereocenters. The lowest BCUT2D eigenvalue weighted by molar-refractivity contribution is -0.110. The second-order valence-corrected chi connectivity index (χ2v) is 15.2. The number of carbonyl (C=O) groups is 2. The van der Waals surface area contributed by atoms with Crippen LogP contribution in [-0.2, 0) is 4.79 Å². The highest BCUT2D eigenvalue weighted by Crippen LogP contribution is 2.41. The summed E-state index contributed by atoms with van der Waals surface area (Å²) in [7, 11) is 2.05. The first-order chi connectivity index (χ1) is 27.2. The van der Waals surface area contributed by atoms with E-state index < -0.39 is 0 Å². The van der Waals surface area contributed by atoms with E-state index in [0.717, 1.165) is 64.2 Å². The van der Waals surface area contributed by atoms with Gasteiger partial charge in [-0.1, -0.05) is 91.2 Å². The SMILES string of the molecule is C=CN(/C(=C(\C)c1ccccc1)c1c(C(=O)Nc2cccnc2N2CCC(NC=O)CC2)[nH]c2cc(Cl)ccc12)C(C)c1ccc(Cl)cc1.CNC1CCCC1. The van der Waals surface area contributed by atoms with Gasteiger partial charge in [0.25, 0.3) is 5.91 Å². The molecule has 2 fully saturated rings. The molecule has 1 unspecified atom stereocenters. The molecular formula is C45H51Cl2N7O2. The zero-order valence-corrected chi connectivity index (χ0v) is 33.8. The maximum atomic E-state index is 14.6. The van der Waals surface area contributed by atoms with Crippen LogP contribution in [0, 0.1) is 0 Å². The molecule has 0 spiro atoms. The predicted octanol–water partition coefficient (Wildman–Crippen LogP) is 10.1. The molecule has 1 saturated heterocycles. The molecule has 0 radical (unpaired) electrons. The van der Waals surface area contributed by atoms with Gasteiger partial charge in [-0.15, -0.1) is 0 Å². The van der Waals surface area contributed by atoms with E-state index in [4.69, 9.17) is 23.2 Å². The van der Waals surface area contributed by atoms with Gasteiger partial charge >= 0.3 is 0 Å². The van der Waals surface area contributed by atoms with Gasteiger partial charge in [0, 0.05) is 57.9 Å². The highest BCUT2D eigenvalue weighted by atomic mass is 35.5. The summed E-state index contributed by atoms with van der Waals surface area (Å²) in [5.41, 5.74) is 6.23. The molecule has 1 aliphatic heterocycles. The fourth-order valence-electron chi connectivity index (χ4n) is 7.77. The number of piperidine rings is 1. The van der Waals surface area contributed by atoms with E-state index in [1.54, 1.807) is 12.4 Å². The van der Waals surface area contributed by atoms with Crippen LogP contribution in [0.3, 0.4) is 0 Å². The molecule has 2 amide bonds. The first-order valence-corrected chi connectivity index (χ1v) is 20.1. The Morgan fingerprint density at radius 1 is 0.946 bits per heavy atom. The van der Waals surface area contributed by atoms with E-state index in [9.17, 15) is 9.59 Å². The van der Waals surface area contributed by atoms with E-state index >= 15 is 0 Å². The van der Waals surface area contributed by atoms with E-state index in [1.807, 2.05) is 72.8 Å². The van der Waals surface area contributed by atoms with Gasteiger partial charge in [-0.25, -0.2) is 4.98 Å². The number of carbonyl (C=O) groups excluding carboxylic acids is 2. The zero-order chi connectivity index (χ0) is 39.6. The van der Waals surface area contributed by atoms with Crippen molar-refractivity contribution in [2.45, 2.75) is 70.5 Å². The van der Waals surface area contributed by atoms with Gasteiger partial charge in [-0.3, -0.25) is 9.59 Å². The average Bonchev–Trinajstić information content (AvgIpc) is 3.89. The van der Waals surface area contributed by atoms with Crippen molar-refractivity contribution >= 4 is 69.2 Å². The van der Waals surface area contributed by atoms with Gasteiger partial charge in [-0.05, 0) is 106 Å². The zero-order valence-electron chi connectivity index (χ0n) is 32.3. The van der Waals surface area contributed by atoms with Gasteiger partial charge in [0.15, 0.2) is 5.82 Å². The van der Waals surface area contributed by atoms with Crippen LogP contribution in [0.4, 0.5) is 11.5 Å². The Morgan fingerprint density at radius 2 is 1.64 bits per heavy atom. The van der Waals surface area contributed by atoms with Crippen molar-refractivity contribution in [3.63, 3.8) is 0 Å². The largest absolute Gasteiger partial charge is 0.356 e. The summed E-state index contributed by atoms with van der Waals surface area (Å²) in [5, 5.41) is 11.4. The lowest BCUT2D eigenvalue weighted by Gasteiger charge is -2.33. The number of allylic oxidation sites excluding steroid dienone is 1. The number of anilines is 2. The lowest BCUT2D eigenvalue weighted by atomic mass is 9.95. The number of aromatic nitrogens is 2. The summed E-state index contributed by atoms with van der Waals surface area (Å²) >= 11 is 12.7. The van der Waals surface area contributed by atoms with E-state index in [2.05, 4.69) is 75.3 Å². The first kappa shape index (κ1) is 40.6. The number of pyridine rings is 1. The first-order valence-electron chi connectivity index (χ1n) is 19.3. The summed E-state index contributed by atoms with van der Waals surface area (Å²) in [6.07, 6.45) is 11.5. The van der Waals surface area contributed by atoms with Crippen molar-refractivity contribution in [1.82, 2.24) is 25.5 Å². The lowest BCUT2D eigenvalue weighted by Crippen LogP contribution is -2.42. The quantitative estimate of drug-likeness (QED) is 0.0938. The molecule has 5 aromatic rings. The van der Waals surface area contributed by atoms with E-state index in [1.165, 1.54) is 25.7 Å². The smallest absolute Gasteiger partial charge is 0.272 e. The monoisotopic (exact) mass is 791 g/mol. The van der Waals surface area contributed by atoms with Crippen molar-refractivity contribution in [3.05, 3.63) is 136 Å². The average molecular weight is 793 g/mol.